The molecule has 142 valence electrons. The number of ketones is 1. The van der Waals surface area contributed by atoms with E-state index in [9.17, 15) is 14.4 Å². The van der Waals surface area contributed by atoms with Gasteiger partial charge in [0.05, 0.1) is 18.4 Å². The average molecular weight is 369 g/mol. The van der Waals surface area contributed by atoms with Gasteiger partial charge in [-0.15, -0.1) is 0 Å². The predicted molar refractivity (Wildman–Crippen MR) is 102 cm³/mol. The number of rotatable bonds is 6. The van der Waals surface area contributed by atoms with Crippen molar-refractivity contribution in [2.24, 2.45) is 0 Å². The number of aromatic nitrogens is 1. The molecule has 1 aromatic carbocycles. The Hall–Kier alpha value is -3.15. The summed E-state index contributed by atoms with van der Waals surface area (Å²) in [5.74, 6) is -1.56. The number of benzene rings is 1. The second-order valence-corrected chi connectivity index (χ2v) is 6.30. The number of ether oxygens (including phenoxy) is 2. The van der Waals surface area contributed by atoms with Gasteiger partial charge in [0, 0.05) is 11.8 Å². The summed E-state index contributed by atoms with van der Waals surface area (Å²) in [5.41, 5.74) is 3.53. The summed E-state index contributed by atoms with van der Waals surface area (Å²) in [6, 6.07) is 7.64. The lowest BCUT2D eigenvalue weighted by Gasteiger charge is -2.10. The van der Waals surface area contributed by atoms with Crippen molar-refractivity contribution in [2.45, 2.75) is 33.8 Å². The zero-order valence-electron chi connectivity index (χ0n) is 16.1. The van der Waals surface area contributed by atoms with Crippen molar-refractivity contribution < 1.29 is 23.9 Å². The van der Waals surface area contributed by atoms with Crippen molar-refractivity contribution in [1.82, 2.24) is 4.98 Å². The molecule has 0 aliphatic rings. The molecule has 0 bridgehead atoms. The fraction of sp³-hybridized carbons (Fsp3) is 0.286. The Morgan fingerprint density at radius 1 is 1.07 bits per heavy atom. The zero-order valence-corrected chi connectivity index (χ0v) is 16.1. The standard InChI is InChI=1S/C21H23NO5/c1-12-6-8-16(9-7-12)10-11-17(23)27-15(4)20(24)19-13(2)18(14(3)22-19)21(25)26-5/h6-11,15,22H,1-5H3/b11-10+/t15-/m0/s1. The summed E-state index contributed by atoms with van der Waals surface area (Å²) >= 11 is 0. The lowest BCUT2D eigenvalue weighted by atomic mass is 10.1. The molecule has 0 aliphatic heterocycles. The number of nitrogens with one attached hydrogen (secondary N) is 1. The third-order valence-corrected chi connectivity index (χ3v) is 4.22. The van der Waals surface area contributed by atoms with Crippen LogP contribution in [0.25, 0.3) is 6.08 Å². The first-order valence-corrected chi connectivity index (χ1v) is 8.51. The quantitative estimate of drug-likeness (QED) is 0.478. The Kier molecular flexibility index (Phi) is 6.34. The van der Waals surface area contributed by atoms with Crippen LogP contribution in [0.5, 0.6) is 0 Å². The second kappa shape index (κ2) is 8.49. The van der Waals surface area contributed by atoms with Gasteiger partial charge in [0.2, 0.25) is 5.78 Å². The molecule has 1 N–H and O–H groups in total. The molecule has 2 aromatic rings. The van der Waals surface area contributed by atoms with Gasteiger partial charge >= 0.3 is 11.9 Å². The van der Waals surface area contributed by atoms with Crippen LogP contribution in [0.1, 0.15) is 50.2 Å². The van der Waals surface area contributed by atoms with Gasteiger partial charge in [0.1, 0.15) is 0 Å². The Balaban J connectivity index is 2.08. The number of carbonyl (C=O) groups excluding carboxylic acids is 3. The third-order valence-electron chi connectivity index (χ3n) is 4.22. The monoisotopic (exact) mass is 369 g/mol. The first-order valence-electron chi connectivity index (χ1n) is 8.51. The predicted octanol–water partition coefficient (Wildman–Crippen LogP) is 3.55. The molecular weight excluding hydrogens is 346 g/mol. The van der Waals surface area contributed by atoms with Gasteiger partial charge in [0.25, 0.3) is 0 Å². The zero-order chi connectivity index (χ0) is 20.1. The van der Waals surface area contributed by atoms with Crippen LogP contribution in [0.4, 0.5) is 0 Å². The van der Waals surface area contributed by atoms with Gasteiger partial charge in [-0.2, -0.15) is 0 Å². The number of hydrogen-bond acceptors (Lipinski definition) is 5. The maximum absolute atomic E-state index is 12.6. The van der Waals surface area contributed by atoms with E-state index in [1.807, 2.05) is 31.2 Å². The topological polar surface area (TPSA) is 85.5 Å². The van der Waals surface area contributed by atoms with Crippen LogP contribution in [0, 0.1) is 20.8 Å². The number of hydrogen-bond donors (Lipinski definition) is 1. The van der Waals surface area contributed by atoms with Crippen molar-refractivity contribution in [3.05, 3.63) is 64.0 Å². The highest BCUT2D eigenvalue weighted by molar-refractivity contribution is 6.04. The van der Waals surface area contributed by atoms with E-state index >= 15 is 0 Å². The molecule has 0 radical (unpaired) electrons. The van der Waals surface area contributed by atoms with E-state index in [2.05, 4.69) is 4.98 Å². The first kappa shape index (κ1) is 20.2. The maximum Gasteiger partial charge on any atom is 0.339 e. The summed E-state index contributed by atoms with van der Waals surface area (Å²) in [6.07, 6.45) is 1.90. The van der Waals surface area contributed by atoms with E-state index in [-0.39, 0.29) is 5.69 Å². The number of methoxy groups -OCH3 is 1. The second-order valence-electron chi connectivity index (χ2n) is 6.30. The van der Waals surface area contributed by atoms with E-state index < -0.39 is 23.8 Å². The van der Waals surface area contributed by atoms with Gasteiger partial charge < -0.3 is 14.5 Å². The molecular formula is C21H23NO5. The number of Topliss-reactive ketones (excluding diaryl/α,β-unsaturated/α-hetero) is 1. The van der Waals surface area contributed by atoms with Crippen LogP contribution < -0.4 is 0 Å². The van der Waals surface area contributed by atoms with E-state index in [4.69, 9.17) is 9.47 Å². The Morgan fingerprint density at radius 2 is 1.70 bits per heavy atom. The molecule has 0 spiro atoms. The van der Waals surface area contributed by atoms with Gasteiger partial charge in [-0.1, -0.05) is 29.8 Å². The fourth-order valence-electron chi connectivity index (χ4n) is 2.72. The number of carbonyl (C=O) groups is 3. The smallest absolute Gasteiger partial charge is 0.339 e. The normalized spacial score (nSPS) is 12.0. The molecule has 0 fully saturated rings. The Morgan fingerprint density at radius 3 is 2.30 bits per heavy atom. The summed E-state index contributed by atoms with van der Waals surface area (Å²) in [5, 5.41) is 0. The lowest BCUT2D eigenvalue weighted by Crippen LogP contribution is -2.24. The van der Waals surface area contributed by atoms with E-state index in [0.29, 0.717) is 16.8 Å². The van der Waals surface area contributed by atoms with E-state index in [0.717, 1.165) is 11.1 Å². The van der Waals surface area contributed by atoms with Crippen LogP contribution in [-0.2, 0) is 14.3 Å². The van der Waals surface area contributed by atoms with Crippen LogP contribution in [0.2, 0.25) is 0 Å². The van der Waals surface area contributed by atoms with Crippen molar-refractivity contribution in [3.8, 4) is 0 Å². The highest BCUT2D eigenvalue weighted by atomic mass is 16.5. The van der Waals surface area contributed by atoms with Crippen LogP contribution in [0.3, 0.4) is 0 Å². The SMILES string of the molecule is COC(=O)c1c(C)[nH]c(C(=O)[C@H](C)OC(=O)/C=C/c2ccc(C)cc2)c1C. The maximum atomic E-state index is 12.6. The molecule has 1 aromatic heterocycles. The highest BCUT2D eigenvalue weighted by Gasteiger charge is 2.26. The molecule has 0 amide bonds. The molecule has 1 heterocycles. The lowest BCUT2D eigenvalue weighted by molar-refractivity contribution is -0.140. The minimum atomic E-state index is -0.998. The summed E-state index contributed by atoms with van der Waals surface area (Å²) < 4.78 is 9.92. The molecule has 6 heteroatoms. The molecule has 2 rings (SSSR count). The molecule has 6 nitrogen and oxygen atoms in total. The Bertz CT molecular complexity index is 890. The molecule has 0 saturated heterocycles. The molecule has 0 saturated carbocycles. The minimum Gasteiger partial charge on any atom is -0.465 e. The van der Waals surface area contributed by atoms with Crippen LogP contribution in [-0.4, -0.2) is 35.9 Å². The highest BCUT2D eigenvalue weighted by Crippen LogP contribution is 2.21. The van der Waals surface area contributed by atoms with Gasteiger partial charge in [-0.25, -0.2) is 9.59 Å². The van der Waals surface area contributed by atoms with Crippen molar-refractivity contribution in [1.29, 1.82) is 0 Å². The number of esters is 2. The van der Waals surface area contributed by atoms with Crippen molar-refractivity contribution >= 4 is 23.8 Å². The summed E-state index contributed by atoms with van der Waals surface area (Å²) in [6.45, 7) is 6.80. The average Bonchev–Trinajstić information content (AvgIpc) is 2.94. The number of aryl methyl sites for hydroxylation is 2. The third kappa shape index (κ3) is 4.73. The van der Waals surface area contributed by atoms with Gasteiger partial charge in [0.15, 0.2) is 6.10 Å². The number of aromatic amines is 1. The summed E-state index contributed by atoms with van der Waals surface area (Å²) in [4.78, 5) is 39.3. The Labute approximate surface area is 158 Å². The van der Waals surface area contributed by atoms with Crippen LogP contribution in [0.15, 0.2) is 30.3 Å². The largest absolute Gasteiger partial charge is 0.465 e. The molecule has 0 unspecified atom stereocenters. The van der Waals surface area contributed by atoms with Crippen molar-refractivity contribution in [3.63, 3.8) is 0 Å². The minimum absolute atomic E-state index is 0.232. The molecule has 0 aliphatic carbocycles. The molecule has 1 atom stereocenters. The van der Waals surface area contributed by atoms with Crippen molar-refractivity contribution in [2.75, 3.05) is 7.11 Å². The molecule has 27 heavy (non-hydrogen) atoms. The van der Waals surface area contributed by atoms with Gasteiger partial charge in [-0.3, -0.25) is 4.79 Å². The van der Waals surface area contributed by atoms with E-state index in [1.54, 1.807) is 19.9 Å². The van der Waals surface area contributed by atoms with Crippen LogP contribution >= 0.6 is 0 Å². The summed E-state index contributed by atoms with van der Waals surface area (Å²) in [7, 11) is 1.28. The van der Waals surface area contributed by atoms with E-state index in [1.165, 1.54) is 20.1 Å². The first-order chi connectivity index (χ1) is 12.7. The van der Waals surface area contributed by atoms with Gasteiger partial charge in [-0.05, 0) is 44.9 Å². The fourth-order valence-corrected chi connectivity index (χ4v) is 2.72. The number of H-pyrrole nitrogens is 1.